The van der Waals surface area contributed by atoms with Crippen LogP contribution in [0.2, 0.25) is 0 Å². The quantitative estimate of drug-likeness (QED) is 0.748. The standard InChI is InChI=1S/C12H10F2N2O2/c13-10-3-8(7-17)4-11(14)12(10)16-1-2-18-9(5-15)6-16/h3-4,7,9H,1-2,6H2. The van der Waals surface area contributed by atoms with Gasteiger partial charge in [-0.15, -0.1) is 0 Å². The minimum atomic E-state index is -0.810. The van der Waals surface area contributed by atoms with E-state index in [1.165, 1.54) is 4.90 Å². The van der Waals surface area contributed by atoms with Crippen molar-refractivity contribution >= 4 is 12.0 Å². The van der Waals surface area contributed by atoms with Crippen LogP contribution in [0.25, 0.3) is 0 Å². The Labute approximate surface area is 102 Å². The number of carbonyl (C=O) groups excluding carboxylic acids is 1. The van der Waals surface area contributed by atoms with Crippen molar-refractivity contribution in [3.05, 3.63) is 29.3 Å². The maximum absolute atomic E-state index is 13.7. The van der Waals surface area contributed by atoms with Gasteiger partial charge in [-0.1, -0.05) is 0 Å². The van der Waals surface area contributed by atoms with E-state index in [0.29, 0.717) is 12.8 Å². The van der Waals surface area contributed by atoms with Crippen LogP contribution in [0.4, 0.5) is 14.5 Å². The van der Waals surface area contributed by atoms with Gasteiger partial charge in [-0.25, -0.2) is 8.78 Å². The number of nitrogens with zero attached hydrogens (tertiary/aromatic N) is 2. The van der Waals surface area contributed by atoms with E-state index in [4.69, 9.17) is 10.00 Å². The highest BCUT2D eigenvalue weighted by atomic mass is 19.1. The van der Waals surface area contributed by atoms with Gasteiger partial charge in [0.2, 0.25) is 0 Å². The zero-order valence-electron chi connectivity index (χ0n) is 9.40. The lowest BCUT2D eigenvalue weighted by Crippen LogP contribution is -2.42. The molecule has 0 aromatic heterocycles. The summed E-state index contributed by atoms with van der Waals surface area (Å²) in [4.78, 5) is 11.9. The summed E-state index contributed by atoms with van der Waals surface area (Å²) in [5.41, 5.74) is -0.275. The largest absolute Gasteiger partial charge is 0.361 e. The molecule has 1 aliphatic rings. The van der Waals surface area contributed by atoms with Gasteiger partial charge < -0.3 is 9.64 Å². The summed E-state index contributed by atoms with van der Waals surface area (Å²) < 4.78 is 32.6. The first kappa shape index (κ1) is 12.5. The van der Waals surface area contributed by atoms with Gasteiger partial charge in [-0.05, 0) is 12.1 Å². The van der Waals surface area contributed by atoms with Crippen molar-refractivity contribution in [3.63, 3.8) is 0 Å². The predicted octanol–water partition coefficient (Wildman–Crippen LogP) is 1.51. The summed E-state index contributed by atoms with van der Waals surface area (Å²) in [6.45, 7) is 0.629. The Morgan fingerprint density at radius 1 is 1.44 bits per heavy atom. The zero-order chi connectivity index (χ0) is 13.1. The molecular weight excluding hydrogens is 242 g/mol. The normalized spacial score (nSPS) is 19.4. The number of carbonyl (C=O) groups is 1. The maximum atomic E-state index is 13.7. The van der Waals surface area contributed by atoms with Crippen LogP contribution in [0.3, 0.4) is 0 Å². The van der Waals surface area contributed by atoms with Gasteiger partial charge in [-0.3, -0.25) is 4.79 Å². The molecule has 2 rings (SSSR count). The van der Waals surface area contributed by atoms with Crippen molar-refractivity contribution < 1.29 is 18.3 Å². The first-order chi connectivity index (χ1) is 8.65. The van der Waals surface area contributed by atoms with Crippen LogP contribution in [-0.4, -0.2) is 32.1 Å². The lowest BCUT2D eigenvalue weighted by molar-refractivity contribution is 0.0759. The summed E-state index contributed by atoms with van der Waals surface area (Å²) in [7, 11) is 0. The van der Waals surface area contributed by atoms with E-state index in [1.54, 1.807) is 0 Å². The molecule has 1 saturated heterocycles. The number of rotatable bonds is 2. The van der Waals surface area contributed by atoms with E-state index in [0.717, 1.165) is 12.1 Å². The molecule has 1 aromatic rings. The Hall–Kier alpha value is -2.00. The lowest BCUT2D eigenvalue weighted by Gasteiger charge is -2.32. The summed E-state index contributed by atoms with van der Waals surface area (Å²) in [5, 5.41) is 8.74. The lowest BCUT2D eigenvalue weighted by atomic mass is 10.1. The molecule has 1 unspecified atom stereocenters. The van der Waals surface area contributed by atoms with Gasteiger partial charge in [0.1, 0.15) is 23.6 Å². The van der Waals surface area contributed by atoms with E-state index >= 15 is 0 Å². The number of aldehydes is 1. The second kappa shape index (κ2) is 5.10. The monoisotopic (exact) mass is 252 g/mol. The van der Waals surface area contributed by atoms with Crippen LogP contribution in [-0.2, 0) is 4.74 Å². The van der Waals surface area contributed by atoms with Gasteiger partial charge in [-0.2, -0.15) is 5.26 Å². The van der Waals surface area contributed by atoms with Crippen molar-refractivity contribution in [3.8, 4) is 6.07 Å². The van der Waals surface area contributed by atoms with Crippen LogP contribution < -0.4 is 4.90 Å². The van der Waals surface area contributed by atoms with Crippen molar-refractivity contribution in [2.75, 3.05) is 24.6 Å². The van der Waals surface area contributed by atoms with Crippen LogP contribution in [0.5, 0.6) is 0 Å². The number of morpholine rings is 1. The van der Waals surface area contributed by atoms with Gasteiger partial charge in [0, 0.05) is 12.1 Å². The first-order valence-corrected chi connectivity index (χ1v) is 5.36. The molecule has 1 aliphatic heterocycles. The highest BCUT2D eigenvalue weighted by Crippen LogP contribution is 2.26. The van der Waals surface area contributed by atoms with Crippen LogP contribution in [0, 0.1) is 23.0 Å². The minimum Gasteiger partial charge on any atom is -0.361 e. The second-order valence-corrected chi connectivity index (χ2v) is 3.89. The fourth-order valence-corrected chi connectivity index (χ4v) is 1.89. The van der Waals surface area contributed by atoms with Crippen molar-refractivity contribution in [2.45, 2.75) is 6.10 Å². The fourth-order valence-electron chi connectivity index (χ4n) is 1.89. The number of hydrogen-bond donors (Lipinski definition) is 0. The van der Waals surface area contributed by atoms with Crippen molar-refractivity contribution in [2.24, 2.45) is 0 Å². The molecule has 0 bridgehead atoms. The third-order valence-electron chi connectivity index (χ3n) is 2.70. The Kier molecular flexibility index (Phi) is 3.53. The Morgan fingerprint density at radius 2 is 2.11 bits per heavy atom. The summed E-state index contributed by atoms with van der Waals surface area (Å²) in [5.74, 6) is -1.62. The first-order valence-electron chi connectivity index (χ1n) is 5.36. The topological polar surface area (TPSA) is 53.3 Å². The van der Waals surface area contributed by atoms with Gasteiger partial charge >= 0.3 is 0 Å². The van der Waals surface area contributed by atoms with Gasteiger partial charge in [0.25, 0.3) is 0 Å². The van der Waals surface area contributed by atoms with Crippen LogP contribution in [0.15, 0.2) is 12.1 Å². The molecule has 4 nitrogen and oxygen atoms in total. The number of ether oxygens (including phenoxy) is 1. The number of nitriles is 1. The second-order valence-electron chi connectivity index (χ2n) is 3.89. The number of hydrogen-bond acceptors (Lipinski definition) is 4. The third-order valence-corrected chi connectivity index (χ3v) is 2.70. The van der Waals surface area contributed by atoms with E-state index in [1.807, 2.05) is 6.07 Å². The number of benzene rings is 1. The summed E-state index contributed by atoms with van der Waals surface area (Å²) in [6.07, 6.45) is -0.323. The molecule has 0 saturated carbocycles. The molecule has 0 radical (unpaired) electrons. The SMILES string of the molecule is N#CC1CN(c2c(F)cc(C=O)cc2F)CCO1. The molecule has 0 aliphatic carbocycles. The van der Waals surface area contributed by atoms with Crippen LogP contribution >= 0.6 is 0 Å². The molecule has 1 atom stereocenters. The zero-order valence-corrected chi connectivity index (χ0v) is 9.40. The summed E-state index contributed by atoms with van der Waals surface area (Å²) >= 11 is 0. The molecule has 1 aromatic carbocycles. The average molecular weight is 252 g/mol. The average Bonchev–Trinajstić information content (AvgIpc) is 2.38. The molecular formula is C12H10F2N2O2. The Bertz CT molecular complexity index is 490. The molecule has 18 heavy (non-hydrogen) atoms. The molecule has 0 N–H and O–H groups in total. The van der Waals surface area contributed by atoms with Crippen LogP contribution in [0.1, 0.15) is 10.4 Å². The smallest absolute Gasteiger partial charge is 0.161 e. The molecule has 1 fully saturated rings. The number of anilines is 1. The number of halogens is 2. The molecule has 94 valence electrons. The van der Waals surface area contributed by atoms with Gasteiger partial charge in [0.15, 0.2) is 6.10 Å². The maximum Gasteiger partial charge on any atom is 0.161 e. The van der Waals surface area contributed by atoms with Gasteiger partial charge in [0.05, 0.1) is 19.2 Å². The fraction of sp³-hybridized carbons (Fsp3) is 0.333. The van der Waals surface area contributed by atoms with E-state index < -0.39 is 17.7 Å². The van der Waals surface area contributed by atoms with E-state index in [9.17, 15) is 13.6 Å². The third kappa shape index (κ3) is 2.31. The molecule has 0 amide bonds. The Balaban J connectivity index is 2.33. The Morgan fingerprint density at radius 3 is 2.67 bits per heavy atom. The highest BCUT2D eigenvalue weighted by Gasteiger charge is 2.25. The van der Waals surface area contributed by atoms with Crippen molar-refractivity contribution in [1.82, 2.24) is 0 Å². The summed E-state index contributed by atoms with van der Waals surface area (Å²) in [6, 6.07) is 3.85. The van der Waals surface area contributed by atoms with E-state index in [2.05, 4.69) is 0 Å². The molecule has 6 heteroatoms. The van der Waals surface area contributed by atoms with Crippen molar-refractivity contribution in [1.29, 1.82) is 5.26 Å². The highest BCUT2D eigenvalue weighted by molar-refractivity contribution is 5.76. The predicted molar refractivity (Wildman–Crippen MR) is 59.3 cm³/mol. The molecule has 1 heterocycles. The minimum absolute atomic E-state index is 0.0566. The van der Waals surface area contributed by atoms with E-state index in [-0.39, 0.29) is 24.4 Å². The molecule has 0 spiro atoms.